The van der Waals surface area contributed by atoms with E-state index in [-0.39, 0.29) is 6.03 Å². The molecule has 6 heteroatoms. The van der Waals surface area contributed by atoms with Crippen LogP contribution < -0.4 is 0 Å². The minimum atomic E-state index is 0.262. The van der Waals surface area contributed by atoms with Gasteiger partial charge in [-0.3, -0.25) is 4.90 Å². The van der Waals surface area contributed by atoms with Crippen molar-refractivity contribution in [1.29, 1.82) is 0 Å². The van der Waals surface area contributed by atoms with Gasteiger partial charge < -0.3 is 14.5 Å². The maximum Gasteiger partial charge on any atom is 0.320 e. The summed E-state index contributed by atoms with van der Waals surface area (Å²) in [5.41, 5.74) is 0. The molecule has 0 radical (unpaired) electrons. The number of rotatable bonds is 5. The fraction of sp³-hybridized carbons (Fsp3) is 0.941. The van der Waals surface area contributed by atoms with Crippen LogP contribution in [0.5, 0.6) is 0 Å². The Balaban J connectivity index is 1.58. The molecule has 0 bridgehead atoms. The number of morpholine rings is 1. The first-order valence-electron chi connectivity index (χ1n) is 9.17. The van der Waals surface area contributed by atoms with E-state index in [0.717, 1.165) is 51.6 Å². The third kappa shape index (κ3) is 4.54. The molecule has 23 heavy (non-hydrogen) atoms. The molecule has 2 saturated heterocycles. The number of nitrogens with zero attached hydrogens (tertiary/aromatic N) is 3. The van der Waals surface area contributed by atoms with Gasteiger partial charge in [0.1, 0.15) is 0 Å². The largest absolute Gasteiger partial charge is 0.379 e. The van der Waals surface area contributed by atoms with E-state index in [2.05, 4.69) is 9.80 Å². The predicted octanol–water partition coefficient (Wildman–Crippen LogP) is 2.12. The third-order valence-electron chi connectivity index (χ3n) is 5.53. The Hall–Kier alpha value is -0.460. The second kappa shape index (κ2) is 8.58. The smallest absolute Gasteiger partial charge is 0.320 e. The number of thioether (sulfide) groups is 1. The normalized spacial score (nSPS) is 26.6. The summed E-state index contributed by atoms with van der Waals surface area (Å²) in [6.45, 7) is 5.50. The molecule has 5 nitrogen and oxygen atoms in total. The Kier molecular flexibility index (Phi) is 6.48. The van der Waals surface area contributed by atoms with E-state index >= 15 is 0 Å². The lowest BCUT2D eigenvalue weighted by molar-refractivity contribution is 0.0323. The van der Waals surface area contributed by atoms with Crippen LogP contribution in [-0.4, -0.2) is 90.8 Å². The molecule has 0 aromatic heterocycles. The second-order valence-corrected chi connectivity index (χ2v) is 8.15. The van der Waals surface area contributed by atoms with Gasteiger partial charge in [0.15, 0.2) is 0 Å². The fourth-order valence-corrected chi connectivity index (χ4v) is 5.15. The van der Waals surface area contributed by atoms with Crippen molar-refractivity contribution in [1.82, 2.24) is 14.7 Å². The minimum Gasteiger partial charge on any atom is -0.379 e. The molecule has 3 rings (SSSR count). The quantitative estimate of drug-likeness (QED) is 0.767. The topological polar surface area (TPSA) is 36.0 Å². The van der Waals surface area contributed by atoms with Crippen molar-refractivity contribution in [3.8, 4) is 0 Å². The minimum absolute atomic E-state index is 0.262. The van der Waals surface area contributed by atoms with Crippen molar-refractivity contribution >= 4 is 17.8 Å². The summed E-state index contributed by atoms with van der Waals surface area (Å²) in [5, 5.41) is 0. The molecule has 1 atom stereocenters. The van der Waals surface area contributed by atoms with Gasteiger partial charge in [-0.15, -0.1) is 0 Å². The van der Waals surface area contributed by atoms with Crippen molar-refractivity contribution < 1.29 is 9.53 Å². The van der Waals surface area contributed by atoms with Crippen LogP contribution in [-0.2, 0) is 4.74 Å². The van der Waals surface area contributed by atoms with Crippen molar-refractivity contribution in [3.63, 3.8) is 0 Å². The molecule has 0 spiro atoms. The first-order chi connectivity index (χ1) is 11.3. The summed E-state index contributed by atoms with van der Waals surface area (Å²) in [5.74, 6) is 2.30. The summed E-state index contributed by atoms with van der Waals surface area (Å²) in [7, 11) is 2.02. The maximum absolute atomic E-state index is 13.1. The fourth-order valence-electron chi connectivity index (χ4n) is 3.93. The van der Waals surface area contributed by atoms with Crippen molar-refractivity contribution in [3.05, 3.63) is 0 Å². The van der Waals surface area contributed by atoms with Crippen molar-refractivity contribution in [2.45, 2.75) is 44.2 Å². The molecule has 2 heterocycles. The monoisotopic (exact) mass is 341 g/mol. The lowest BCUT2D eigenvalue weighted by Gasteiger charge is -2.37. The Bertz CT molecular complexity index is 378. The number of urea groups is 1. The van der Waals surface area contributed by atoms with E-state index in [9.17, 15) is 4.79 Å². The standard InChI is InChI=1S/C17H31N3O2S/c1-18(15-4-2-3-5-15)17(21)20(16-6-13-23-14-16)8-7-19-9-11-22-12-10-19/h15-16H,2-14H2,1H3. The Morgan fingerprint density at radius 1 is 1.17 bits per heavy atom. The van der Waals surface area contributed by atoms with Gasteiger partial charge in [0.05, 0.1) is 13.2 Å². The summed E-state index contributed by atoms with van der Waals surface area (Å²) in [4.78, 5) is 19.7. The number of amides is 2. The van der Waals surface area contributed by atoms with E-state index in [1.165, 1.54) is 31.4 Å². The second-order valence-electron chi connectivity index (χ2n) is 7.00. The van der Waals surface area contributed by atoms with Gasteiger partial charge in [0, 0.05) is 51.1 Å². The zero-order valence-corrected chi connectivity index (χ0v) is 15.2. The molecule has 0 aromatic carbocycles. The molecule has 2 aliphatic heterocycles. The van der Waals surface area contributed by atoms with Gasteiger partial charge in [0.25, 0.3) is 0 Å². The molecule has 132 valence electrons. The summed E-state index contributed by atoms with van der Waals surface area (Å²) in [6, 6.07) is 1.15. The Morgan fingerprint density at radius 2 is 1.91 bits per heavy atom. The first kappa shape index (κ1) is 17.4. The average Bonchev–Trinajstić information content (AvgIpc) is 3.29. The molecular weight excluding hydrogens is 310 g/mol. The Morgan fingerprint density at radius 3 is 2.57 bits per heavy atom. The molecule has 0 aromatic rings. The number of hydrogen-bond acceptors (Lipinski definition) is 4. The Labute approximate surface area is 144 Å². The SMILES string of the molecule is CN(C(=O)N(CCN1CCOCC1)C1CCSC1)C1CCCC1. The number of carbonyl (C=O) groups is 1. The summed E-state index contributed by atoms with van der Waals surface area (Å²) in [6.07, 6.45) is 6.06. The molecular formula is C17H31N3O2S. The zero-order chi connectivity index (χ0) is 16.1. The maximum atomic E-state index is 13.1. The van der Waals surface area contributed by atoms with Gasteiger partial charge >= 0.3 is 6.03 Å². The summed E-state index contributed by atoms with van der Waals surface area (Å²) >= 11 is 1.99. The lowest BCUT2D eigenvalue weighted by Crippen LogP contribution is -2.52. The zero-order valence-electron chi connectivity index (χ0n) is 14.4. The highest BCUT2D eigenvalue weighted by Crippen LogP contribution is 2.27. The number of ether oxygens (including phenoxy) is 1. The molecule has 3 aliphatic rings. The molecule has 3 fully saturated rings. The molecule has 1 unspecified atom stereocenters. The van der Waals surface area contributed by atoms with Crippen LogP contribution in [0.4, 0.5) is 4.79 Å². The number of carbonyl (C=O) groups excluding carboxylic acids is 1. The van der Waals surface area contributed by atoms with Crippen LogP contribution in [0.15, 0.2) is 0 Å². The van der Waals surface area contributed by atoms with Gasteiger partial charge in [0.2, 0.25) is 0 Å². The average molecular weight is 342 g/mol. The van der Waals surface area contributed by atoms with Gasteiger partial charge in [-0.05, 0) is 25.0 Å². The van der Waals surface area contributed by atoms with E-state index in [1.54, 1.807) is 0 Å². The molecule has 1 aliphatic carbocycles. The number of hydrogen-bond donors (Lipinski definition) is 0. The van der Waals surface area contributed by atoms with Gasteiger partial charge in [-0.2, -0.15) is 11.8 Å². The molecule has 2 amide bonds. The third-order valence-corrected chi connectivity index (χ3v) is 6.67. The predicted molar refractivity (Wildman–Crippen MR) is 95.1 cm³/mol. The van der Waals surface area contributed by atoms with E-state index in [0.29, 0.717) is 12.1 Å². The van der Waals surface area contributed by atoms with Crippen LogP contribution in [0, 0.1) is 0 Å². The first-order valence-corrected chi connectivity index (χ1v) is 10.3. The molecule has 1 saturated carbocycles. The van der Waals surface area contributed by atoms with E-state index in [1.807, 2.05) is 23.7 Å². The summed E-state index contributed by atoms with van der Waals surface area (Å²) < 4.78 is 5.43. The highest BCUT2D eigenvalue weighted by atomic mass is 32.2. The van der Waals surface area contributed by atoms with Gasteiger partial charge in [-0.25, -0.2) is 4.79 Å². The lowest BCUT2D eigenvalue weighted by atomic mass is 10.2. The van der Waals surface area contributed by atoms with Crippen LogP contribution in [0.25, 0.3) is 0 Å². The highest BCUT2D eigenvalue weighted by Gasteiger charge is 2.32. The highest BCUT2D eigenvalue weighted by molar-refractivity contribution is 7.99. The molecule has 0 N–H and O–H groups in total. The van der Waals surface area contributed by atoms with Crippen molar-refractivity contribution in [2.24, 2.45) is 0 Å². The van der Waals surface area contributed by atoms with E-state index in [4.69, 9.17) is 4.74 Å². The van der Waals surface area contributed by atoms with E-state index < -0.39 is 0 Å². The van der Waals surface area contributed by atoms with Gasteiger partial charge in [-0.1, -0.05) is 12.8 Å². The van der Waals surface area contributed by atoms with Crippen LogP contribution in [0.2, 0.25) is 0 Å². The van der Waals surface area contributed by atoms with Crippen LogP contribution in [0.3, 0.4) is 0 Å². The van der Waals surface area contributed by atoms with Crippen molar-refractivity contribution in [2.75, 3.05) is 57.9 Å². The van der Waals surface area contributed by atoms with Crippen LogP contribution in [0.1, 0.15) is 32.1 Å². The van der Waals surface area contributed by atoms with Crippen LogP contribution >= 0.6 is 11.8 Å².